The molecule has 1 rings (SSSR count). The van der Waals surface area contributed by atoms with Crippen molar-refractivity contribution >= 4 is 11.8 Å². The van der Waals surface area contributed by atoms with Crippen LogP contribution in [0.15, 0.2) is 0 Å². The molecule has 1 heterocycles. The lowest BCUT2D eigenvalue weighted by Crippen LogP contribution is -2.45. The standard InChI is InChI=1S/C14H22N2O4/c1-15-13(17)7-8-14(18)16-9-5-4-6-11(19-2)12(10-16)20-3/h11-12H,5,7-10H2,1-3H3,(H,15,17)/t11-,12-/m0/s1. The normalized spacial score (nSPS) is 22.2. The van der Waals surface area contributed by atoms with Crippen molar-refractivity contribution in [1.82, 2.24) is 10.2 Å². The maximum Gasteiger partial charge on any atom is 0.223 e. The summed E-state index contributed by atoms with van der Waals surface area (Å²) in [5, 5.41) is 2.51. The molecule has 20 heavy (non-hydrogen) atoms. The molecule has 0 spiro atoms. The van der Waals surface area contributed by atoms with Crippen molar-refractivity contribution in [2.75, 3.05) is 34.4 Å². The first-order valence-electron chi connectivity index (χ1n) is 6.64. The number of carbonyl (C=O) groups is 2. The van der Waals surface area contributed by atoms with Gasteiger partial charge in [0.1, 0.15) is 12.2 Å². The number of carbonyl (C=O) groups excluding carboxylic acids is 2. The monoisotopic (exact) mass is 282 g/mol. The molecule has 0 saturated heterocycles. The molecule has 112 valence electrons. The second-order valence-corrected chi connectivity index (χ2v) is 4.51. The molecule has 1 aliphatic heterocycles. The Balaban J connectivity index is 2.63. The largest absolute Gasteiger partial charge is 0.376 e. The topological polar surface area (TPSA) is 67.9 Å². The van der Waals surface area contributed by atoms with Gasteiger partial charge in [-0.05, 0) is 0 Å². The summed E-state index contributed by atoms with van der Waals surface area (Å²) in [4.78, 5) is 25.0. The molecule has 0 aromatic heterocycles. The first kappa shape index (κ1) is 16.5. The van der Waals surface area contributed by atoms with Crippen LogP contribution in [0.4, 0.5) is 0 Å². The fourth-order valence-corrected chi connectivity index (χ4v) is 2.00. The van der Waals surface area contributed by atoms with Crippen molar-refractivity contribution in [3.8, 4) is 11.8 Å². The van der Waals surface area contributed by atoms with Crippen LogP contribution >= 0.6 is 0 Å². The molecule has 0 aromatic carbocycles. The van der Waals surface area contributed by atoms with Gasteiger partial charge in [0.15, 0.2) is 0 Å². The molecular weight excluding hydrogens is 260 g/mol. The number of amides is 2. The van der Waals surface area contributed by atoms with Crippen LogP contribution in [0.3, 0.4) is 0 Å². The molecule has 6 heteroatoms. The van der Waals surface area contributed by atoms with E-state index in [0.29, 0.717) is 19.5 Å². The van der Waals surface area contributed by atoms with Gasteiger partial charge in [-0.2, -0.15) is 0 Å². The average molecular weight is 282 g/mol. The van der Waals surface area contributed by atoms with Crippen LogP contribution in [0.1, 0.15) is 19.3 Å². The summed E-state index contributed by atoms with van der Waals surface area (Å²) < 4.78 is 10.6. The van der Waals surface area contributed by atoms with E-state index in [9.17, 15) is 9.59 Å². The lowest BCUT2D eigenvalue weighted by Gasteiger charge is -2.30. The average Bonchev–Trinajstić information content (AvgIpc) is 2.44. The molecule has 0 aliphatic carbocycles. The van der Waals surface area contributed by atoms with E-state index in [4.69, 9.17) is 9.47 Å². The summed E-state index contributed by atoms with van der Waals surface area (Å²) in [7, 11) is 4.71. The number of rotatable bonds is 5. The van der Waals surface area contributed by atoms with Crippen molar-refractivity contribution in [3.05, 3.63) is 0 Å². The highest BCUT2D eigenvalue weighted by molar-refractivity contribution is 5.83. The minimum atomic E-state index is -0.338. The van der Waals surface area contributed by atoms with Crippen molar-refractivity contribution in [3.63, 3.8) is 0 Å². The third-order valence-electron chi connectivity index (χ3n) is 3.24. The Labute approximate surface area is 119 Å². The van der Waals surface area contributed by atoms with E-state index >= 15 is 0 Å². The van der Waals surface area contributed by atoms with Gasteiger partial charge in [0.25, 0.3) is 0 Å². The van der Waals surface area contributed by atoms with Gasteiger partial charge in [-0.1, -0.05) is 11.8 Å². The van der Waals surface area contributed by atoms with Gasteiger partial charge in [-0.15, -0.1) is 0 Å². The number of hydrogen-bond donors (Lipinski definition) is 1. The summed E-state index contributed by atoms with van der Waals surface area (Å²) >= 11 is 0. The molecule has 0 unspecified atom stereocenters. The van der Waals surface area contributed by atoms with Gasteiger partial charge in [0.05, 0.1) is 6.54 Å². The second kappa shape index (κ2) is 8.56. The van der Waals surface area contributed by atoms with E-state index in [-0.39, 0.29) is 36.9 Å². The third kappa shape index (κ3) is 4.83. The van der Waals surface area contributed by atoms with Gasteiger partial charge >= 0.3 is 0 Å². The van der Waals surface area contributed by atoms with Crippen molar-refractivity contribution in [2.45, 2.75) is 31.5 Å². The molecule has 2 atom stereocenters. The molecule has 1 N–H and O–H groups in total. The highest BCUT2D eigenvalue weighted by Gasteiger charge is 2.26. The smallest absolute Gasteiger partial charge is 0.223 e. The number of ether oxygens (including phenoxy) is 2. The van der Waals surface area contributed by atoms with Crippen LogP contribution < -0.4 is 5.32 Å². The first-order valence-corrected chi connectivity index (χ1v) is 6.64. The Morgan fingerprint density at radius 1 is 1.30 bits per heavy atom. The lowest BCUT2D eigenvalue weighted by molar-refractivity contribution is -0.136. The molecule has 6 nitrogen and oxygen atoms in total. The maximum atomic E-state index is 12.1. The summed E-state index contributed by atoms with van der Waals surface area (Å²) in [6, 6.07) is 0. The Morgan fingerprint density at radius 3 is 2.65 bits per heavy atom. The number of methoxy groups -OCH3 is 2. The predicted molar refractivity (Wildman–Crippen MR) is 73.9 cm³/mol. The van der Waals surface area contributed by atoms with Gasteiger partial charge < -0.3 is 19.7 Å². The zero-order valence-corrected chi connectivity index (χ0v) is 12.3. The highest BCUT2D eigenvalue weighted by atomic mass is 16.5. The fourth-order valence-electron chi connectivity index (χ4n) is 2.00. The molecule has 0 bridgehead atoms. The van der Waals surface area contributed by atoms with Crippen LogP contribution in [0.2, 0.25) is 0 Å². The molecule has 0 fully saturated rings. The molecule has 1 aliphatic rings. The van der Waals surface area contributed by atoms with Crippen molar-refractivity contribution in [2.24, 2.45) is 0 Å². The minimum absolute atomic E-state index is 0.0609. The van der Waals surface area contributed by atoms with Crippen LogP contribution in [-0.4, -0.2) is 63.3 Å². The Morgan fingerprint density at radius 2 is 2.05 bits per heavy atom. The maximum absolute atomic E-state index is 12.1. The van der Waals surface area contributed by atoms with Gasteiger partial charge in [-0.25, -0.2) is 0 Å². The van der Waals surface area contributed by atoms with Gasteiger partial charge in [0.2, 0.25) is 11.8 Å². The molecule has 0 radical (unpaired) electrons. The zero-order valence-electron chi connectivity index (χ0n) is 12.3. The Bertz CT molecular complexity index is 400. The summed E-state index contributed by atoms with van der Waals surface area (Å²) in [5.74, 6) is 5.78. The number of nitrogens with zero attached hydrogens (tertiary/aromatic N) is 1. The number of hydrogen-bond acceptors (Lipinski definition) is 4. The van der Waals surface area contributed by atoms with Crippen LogP contribution in [0.25, 0.3) is 0 Å². The minimum Gasteiger partial charge on any atom is -0.376 e. The quantitative estimate of drug-likeness (QED) is 0.708. The van der Waals surface area contributed by atoms with Crippen molar-refractivity contribution in [1.29, 1.82) is 0 Å². The van der Waals surface area contributed by atoms with E-state index in [0.717, 1.165) is 0 Å². The zero-order chi connectivity index (χ0) is 15.0. The van der Waals surface area contributed by atoms with E-state index in [1.807, 2.05) is 0 Å². The van der Waals surface area contributed by atoms with E-state index in [2.05, 4.69) is 17.2 Å². The van der Waals surface area contributed by atoms with Gasteiger partial charge in [-0.3, -0.25) is 9.59 Å². The molecule has 0 saturated carbocycles. The first-order chi connectivity index (χ1) is 9.62. The molecule has 2 amide bonds. The predicted octanol–water partition coefficient (Wildman–Crippen LogP) is -0.222. The second-order valence-electron chi connectivity index (χ2n) is 4.51. The van der Waals surface area contributed by atoms with Gasteiger partial charge in [0, 0.05) is 47.1 Å². The Kier molecular flexibility index (Phi) is 7.05. The summed E-state index contributed by atoms with van der Waals surface area (Å²) in [6.45, 7) is 0.978. The van der Waals surface area contributed by atoms with E-state index < -0.39 is 0 Å². The van der Waals surface area contributed by atoms with Crippen molar-refractivity contribution < 1.29 is 19.1 Å². The summed E-state index contributed by atoms with van der Waals surface area (Å²) in [5.41, 5.74) is 0. The van der Waals surface area contributed by atoms with Crippen LogP contribution in [0.5, 0.6) is 0 Å². The number of nitrogens with one attached hydrogen (secondary N) is 1. The third-order valence-corrected chi connectivity index (χ3v) is 3.24. The lowest BCUT2D eigenvalue weighted by atomic mass is 10.1. The van der Waals surface area contributed by atoms with E-state index in [1.165, 1.54) is 0 Å². The molecular formula is C14H22N2O4. The molecule has 0 aromatic rings. The van der Waals surface area contributed by atoms with Crippen LogP contribution in [0, 0.1) is 11.8 Å². The highest BCUT2D eigenvalue weighted by Crippen LogP contribution is 2.10. The van der Waals surface area contributed by atoms with Crippen LogP contribution in [-0.2, 0) is 19.1 Å². The SMILES string of the molecule is CNC(=O)CCC(=O)N1CCC#C[C@H](OC)[C@@H](OC)C1. The van der Waals surface area contributed by atoms with E-state index in [1.54, 1.807) is 26.2 Å². The Hall–Kier alpha value is -1.58. The summed E-state index contributed by atoms with van der Waals surface area (Å²) in [6.07, 6.45) is 0.373. The fraction of sp³-hybridized carbons (Fsp3) is 0.714.